The number of carbonyl (C=O) groups excluding carboxylic acids is 1. The lowest BCUT2D eigenvalue weighted by Crippen LogP contribution is -2.54. The van der Waals surface area contributed by atoms with Gasteiger partial charge in [-0.05, 0) is 34.0 Å². The molecule has 1 atom stereocenters. The zero-order valence-corrected chi connectivity index (χ0v) is 14.9. The minimum atomic E-state index is -0.0925. The van der Waals surface area contributed by atoms with E-state index in [0.717, 1.165) is 30.8 Å². The van der Waals surface area contributed by atoms with Crippen LogP contribution in [0.2, 0.25) is 0 Å². The molecule has 3 rings (SSSR count). The van der Waals surface area contributed by atoms with Crippen LogP contribution in [0.3, 0.4) is 0 Å². The molecule has 0 saturated carbocycles. The first-order chi connectivity index (χ1) is 11.5. The number of amides is 1. The van der Waals surface area contributed by atoms with Crippen molar-refractivity contribution in [2.45, 2.75) is 25.9 Å². The van der Waals surface area contributed by atoms with Gasteiger partial charge in [-0.25, -0.2) is 9.97 Å². The molecule has 1 aliphatic rings. The van der Waals surface area contributed by atoms with Crippen LogP contribution >= 0.6 is 0 Å². The molecule has 1 aliphatic heterocycles. The Kier molecular flexibility index (Phi) is 4.82. The van der Waals surface area contributed by atoms with Crippen LogP contribution in [-0.2, 0) is 0 Å². The maximum atomic E-state index is 12.4. The zero-order valence-electron chi connectivity index (χ0n) is 14.9. The summed E-state index contributed by atoms with van der Waals surface area (Å²) >= 11 is 0. The van der Waals surface area contributed by atoms with Crippen molar-refractivity contribution >= 4 is 17.1 Å². The molecule has 1 unspecified atom stereocenters. The number of carbonyl (C=O) groups is 1. The Morgan fingerprint density at radius 1 is 1.33 bits per heavy atom. The van der Waals surface area contributed by atoms with E-state index < -0.39 is 0 Å². The molecular weight excluding hydrogens is 304 g/mol. The van der Waals surface area contributed by atoms with Crippen molar-refractivity contribution in [3.05, 3.63) is 24.2 Å². The number of pyridine rings is 1. The number of nitrogens with zero attached hydrogens (tertiary/aromatic N) is 5. The Bertz CT molecular complexity index is 725. The standard InChI is InChI=1S/C17H26N6O/c1-12(2)23-11-20-15-7-13(8-18-16(15)23)17(24)19-9-14-10-21(3)5-6-22(14)4/h7-8,11-12,14H,5-6,9-10H2,1-4H3,(H,19,24). The molecule has 2 aromatic rings. The fraction of sp³-hybridized carbons (Fsp3) is 0.588. The quantitative estimate of drug-likeness (QED) is 0.905. The van der Waals surface area contributed by atoms with Crippen LogP contribution in [0.15, 0.2) is 18.6 Å². The Hall–Kier alpha value is -1.99. The molecule has 3 heterocycles. The summed E-state index contributed by atoms with van der Waals surface area (Å²) in [5.74, 6) is -0.0925. The van der Waals surface area contributed by atoms with Gasteiger partial charge in [-0.15, -0.1) is 0 Å². The third-order valence-corrected chi connectivity index (χ3v) is 4.71. The van der Waals surface area contributed by atoms with Crippen LogP contribution in [0.1, 0.15) is 30.2 Å². The average Bonchev–Trinajstić information content (AvgIpc) is 2.98. The van der Waals surface area contributed by atoms with Crippen molar-refractivity contribution in [1.29, 1.82) is 0 Å². The molecule has 0 spiro atoms. The fourth-order valence-corrected chi connectivity index (χ4v) is 3.06. The van der Waals surface area contributed by atoms with E-state index in [9.17, 15) is 4.79 Å². The number of hydrogen-bond acceptors (Lipinski definition) is 5. The molecule has 0 aromatic carbocycles. The third kappa shape index (κ3) is 3.42. The molecule has 1 saturated heterocycles. The topological polar surface area (TPSA) is 66.3 Å². The van der Waals surface area contributed by atoms with E-state index >= 15 is 0 Å². The van der Waals surface area contributed by atoms with Crippen LogP contribution in [0, 0.1) is 0 Å². The SMILES string of the molecule is CC(C)n1cnc2cc(C(=O)NCC3CN(C)CCN3C)cnc21. The first-order valence-corrected chi connectivity index (χ1v) is 8.45. The van der Waals surface area contributed by atoms with Crippen molar-refractivity contribution in [2.75, 3.05) is 40.3 Å². The van der Waals surface area contributed by atoms with Crippen molar-refractivity contribution in [1.82, 2.24) is 29.7 Å². The molecule has 1 amide bonds. The highest BCUT2D eigenvalue weighted by Crippen LogP contribution is 2.16. The number of nitrogens with one attached hydrogen (secondary N) is 1. The van der Waals surface area contributed by atoms with Crippen molar-refractivity contribution < 1.29 is 4.79 Å². The smallest absolute Gasteiger partial charge is 0.252 e. The van der Waals surface area contributed by atoms with Gasteiger partial charge in [0.15, 0.2) is 5.65 Å². The van der Waals surface area contributed by atoms with Gasteiger partial charge < -0.3 is 14.8 Å². The lowest BCUT2D eigenvalue weighted by Gasteiger charge is -2.37. The molecule has 0 aliphatic carbocycles. The van der Waals surface area contributed by atoms with Crippen LogP contribution in [0.4, 0.5) is 0 Å². The molecule has 7 nitrogen and oxygen atoms in total. The molecule has 130 valence electrons. The van der Waals surface area contributed by atoms with Crippen LogP contribution in [-0.4, -0.2) is 76.6 Å². The first-order valence-electron chi connectivity index (χ1n) is 8.45. The van der Waals surface area contributed by atoms with Gasteiger partial charge in [0.05, 0.1) is 11.9 Å². The predicted molar refractivity (Wildman–Crippen MR) is 94.2 cm³/mol. The van der Waals surface area contributed by atoms with Gasteiger partial charge >= 0.3 is 0 Å². The maximum Gasteiger partial charge on any atom is 0.252 e. The minimum Gasteiger partial charge on any atom is -0.350 e. The normalized spacial score (nSPS) is 20.0. The molecule has 7 heteroatoms. The minimum absolute atomic E-state index is 0.0925. The Morgan fingerprint density at radius 3 is 2.88 bits per heavy atom. The second-order valence-corrected chi connectivity index (χ2v) is 6.92. The van der Waals surface area contributed by atoms with E-state index in [0.29, 0.717) is 24.2 Å². The number of likely N-dealkylation sites (N-methyl/N-ethyl adjacent to an activating group) is 2. The predicted octanol–water partition coefficient (Wildman–Crippen LogP) is 0.988. The Balaban J connectivity index is 1.67. The monoisotopic (exact) mass is 330 g/mol. The largest absolute Gasteiger partial charge is 0.350 e. The van der Waals surface area contributed by atoms with E-state index in [1.807, 2.05) is 10.6 Å². The molecule has 1 N–H and O–H groups in total. The van der Waals surface area contributed by atoms with Gasteiger partial charge in [-0.2, -0.15) is 0 Å². The summed E-state index contributed by atoms with van der Waals surface area (Å²) in [4.78, 5) is 25.8. The van der Waals surface area contributed by atoms with Gasteiger partial charge in [0.2, 0.25) is 0 Å². The zero-order chi connectivity index (χ0) is 17.3. The average molecular weight is 330 g/mol. The summed E-state index contributed by atoms with van der Waals surface area (Å²) in [6.07, 6.45) is 3.41. The summed E-state index contributed by atoms with van der Waals surface area (Å²) in [5, 5.41) is 3.03. The molecule has 24 heavy (non-hydrogen) atoms. The van der Waals surface area contributed by atoms with Crippen molar-refractivity contribution in [3.8, 4) is 0 Å². The highest BCUT2D eigenvalue weighted by molar-refractivity contribution is 5.96. The number of imidazole rings is 1. The molecule has 1 fully saturated rings. The van der Waals surface area contributed by atoms with Gasteiger partial charge in [0.1, 0.15) is 5.52 Å². The summed E-state index contributed by atoms with van der Waals surface area (Å²) in [6, 6.07) is 2.44. The van der Waals surface area contributed by atoms with Crippen molar-refractivity contribution in [3.63, 3.8) is 0 Å². The number of rotatable bonds is 4. The first kappa shape index (κ1) is 16.9. The van der Waals surface area contributed by atoms with E-state index in [-0.39, 0.29) is 5.91 Å². The van der Waals surface area contributed by atoms with Gasteiger partial charge in [-0.1, -0.05) is 0 Å². The molecule has 0 bridgehead atoms. The van der Waals surface area contributed by atoms with Crippen LogP contribution in [0.25, 0.3) is 11.2 Å². The van der Waals surface area contributed by atoms with E-state index in [4.69, 9.17) is 0 Å². The lowest BCUT2D eigenvalue weighted by molar-refractivity contribution is 0.0881. The van der Waals surface area contributed by atoms with Crippen molar-refractivity contribution in [2.24, 2.45) is 0 Å². The maximum absolute atomic E-state index is 12.4. The number of fused-ring (bicyclic) bond motifs is 1. The highest BCUT2D eigenvalue weighted by Gasteiger charge is 2.22. The van der Waals surface area contributed by atoms with Crippen LogP contribution < -0.4 is 5.32 Å². The van der Waals surface area contributed by atoms with E-state index in [1.165, 1.54) is 0 Å². The third-order valence-electron chi connectivity index (χ3n) is 4.71. The van der Waals surface area contributed by atoms with Gasteiger partial charge in [0, 0.05) is 44.5 Å². The second-order valence-electron chi connectivity index (χ2n) is 6.92. The van der Waals surface area contributed by atoms with Crippen LogP contribution in [0.5, 0.6) is 0 Å². The van der Waals surface area contributed by atoms with Gasteiger partial charge in [0.25, 0.3) is 5.91 Å². The molecular formula is C17H26N6O. The Morgan fingerprint density at radius 2 is 2.12 bits per heavy atom. The highest BCUT2D eigenvalue weighted by atomic mass is 16.1. The van der Waals surface area contributed by atoms with Gasteiger partial charge in [-0.3, -0.25) is 9.69 Å². The number of hydrogen-bond donors (Lipinski definition) is 1. The molecule has 0 radical (unpaired) electrons. The summed E-state index contributed by atoms with van der Waals surface area (Å²) in [6.45, 7) is 7.87. The summed E-state index contributed by atoms with van der Waals surface area (Å²) in [7, 11) is 4.22. The Labute approximate surface area is 142 Å². The van der Waals surface area contributed by atoms with E-state index in [2.05, 4.69) is 53.0 Å². The number of aromatic nitrogens is 3. The fourth-order valence-electron chi connectivity index (χ4n) is 3.06. The molecule has 2 aromatic heterocycles. The summed E-state index contributed by atoms with van der Waals surface area (Å²) in [5.41, 5.74) is 2.13. The number of piperazine rings is 1. The lowest BCUT2D eigenvalue weighted by atomic mass is 10.1. The summed E-state index contributed by atoms with van der Waals surface area (Å²) < 4.78 is 2.00. The second kappa shape index (κ2) is 6.86. The van der Waals surface area contributed by atoms with E-state index in [1.54, 1.807) is 12.5 Å².